The van der Waals surface area contributed by atoms with E-state index in [2.05, 4.69) is 10.6 Å². The van der Waals surface area contributed by atoms with Crippen LogP contribution < -0.4 is 10.6 Å². The van der Waals surface area contributed by atoms with Gasteiger partial charge in [-0.2, -0.15) is 0 Å². The lowest BCUT2D eigenvalue weighted by atomic mass is 10.1. The third kappa shape index (κ3) is 1.83. The fourth-order valence-corrected chi connectivity index (χ4v) is 1.54. The number of hydrogen-bond acceptors (Lipinski definition) is 2. The molecule has 15 heavy (non-hydrogen) atoms. The number of carbonyl (C=O) groups excluding carboxylic acids is 2. The van der Waals surface area contributed by atoms with Gasteiger partial charge in [-0.3, -0.25) is 9.59 Å². The Balaban J connectivity index is 2.25. The zero-order valence-electron chi connectivity index (χ0n) is 8.46. The van der Waals surface area contributed by atoms with E-state index in [1.54, 1.807) is 13.0 Å². The molecule has 1 aromatic carbocycles. The van der Waals surface area contributed by atoms with Crippen LogP contribution in [0.15, 0.2) is 18.2 Å². The van der Waals surface area contributed by atoms with Crippen molar-refractivity contribution in [2.45, 2.75) is 19.9 Å². The molecule has 2 rings (SSSR count). The number of carbonyl (C=O) groups is 2. The quantitative estimate of drug-likeness (QED) is 0.762. The second-order valence-electron chi connectivity index (χ2n) is 3.46. The fraction of sp³-hybridized carbons (Fsp3) is 0.273. The van der Waals surface area contributed by atoms with Crippen LogP contribution >= 0.6 is 0 Å². The zero-order chi connectivity index (χ0) is 10.8. The molecule has 0 fully saturated rings. The van der Waals surface area contributed by atoms with E-state index in [-0.39, 0.29) is 11.8 Å². The second kappa shape index (κ2) is 3.73. The fourth-order valence-electron chi connectivity index (χ4n) is 1.54. The van der Waals surface area contributed by atoms with Crippen LogP contribution in [-0.4, -0.2) is 11.8 Å². The first kappa shape index (κ1) is 9.71. The van der Waals surface area contributed by atoms with Crippen molar-refractivity contribution in [2.24, 2.45) is 0 Å². The SMILES string of the molecule is CCC(=O)Nc1ccc2c(c1)C(=O)NC2. The molecule has 4 nitrogen and oxygen atoms in total. The Morgan fingerprint density at radius 2 is 2.33 bits per heavy atom. The third-order valence-corrected chi connectivity index (χ3v) is 2.40. The summed E-state index contributed by atoms with van der Waals surface area (Å²) < 4.78 is 0. The summed E-state index contributed by atoms with van der Waals surface area (Å²) in [7, 11) is 0. The van der Waals surface area contributed by atoms with Crippen molar-refractivity contribution in [3.63, 3.8) is 0 Å². The van der Waals surface area contributed by atoms with Crippen LogP contribution in [-0.2, 0) is 11.3 Å². The van der Waals surface area contributed by atoms with Gasteiger partial charge in [0.1, 0.15) is 0 Å². The first-order valence-electron chi connectivity index (χ1n) is 4.91. The lowest BCUT2D eigenvalue weighted by Crippen LogP contribution is -2.13. The van der Waals surface area contributed by atoms with Gasteiger partial charge in [-0.15, -0.1) is 0 Å². The monoisotopic (exact) mass is 204 g/mol. The second-order valence-corrected chi connectivity index (χ2v) is 3.46. The van der Waals surface area contributed by atoms with E-state index in [9.17, 15) is 9.59 Å². The van der Waals surface area contributed by atoms with Crippen molar-refractivity contribution in [1.82, 2.24) is 5.32 Å². The summed E-state index contributed by atoms with van der Waals surface area (Å²) in [4.78, 5) is 22.5. The lowest BCUT2D eigenvalue weighted by molar-refractivity contribution is -0.115. The normalized spacial score (nSPS) is 13.3. The summed E-state index contributed by atoms with van der Waals surface area (Å²) in [5.41, 5.74) is 2.32. The molecule has 0 aromatic heterocycles. The first-order valence-corrected chi connectivity index (χ1v) is 4.91. The molecule has 0 bridgehead atoms. The summed E-state index contributed by atoms with van der Waals surface area (Å²) >= 11 is 0. The Kier molecular flexibility index (Phi) is 2.41. The lowest BCUT2D eigenvalue weighted by Gasteiger charge is -2.04. The predicted molar refractivity (Wildman–Crippen MR) is 56.5 cm³/mol. The Morgan fingerprint density at radius 3 is 3.07 bits per heavy atom. The summed E-state index contributed by atoms with van der Waals surface area (Å²) in [6.07, 6.45) is 0.434. The average Bonchev–Trinajstić information content (AvgIpc) is 2.60. The molecule has 0 spiro atoms. The molecule has 0 saturated heterocycles. The minimum atomic E-state index is -0.0717. The minimum Gasteiger partial charge on any atom is -0.348 e. The van der Waals surface area contributed by atoms with Gasteiger partial charge in [-0.1, -0.05) is 13.0 Å². The highest BCUT2D eigenvalue weighted by Gasteiger charge is 2.18. The molecule has 1 aliphatic rings. The van der Waals surface area contributed by atoms with Crippen molar-refractivity contribution >= 4 is 17.5 Å². The highest BCUT2D eigenvalue weighted by Crippen LogP contribution is 2.20. The standard InChI is InChI=1S/C11H12N2O2/c1-2-10(14)13-8-4-3-7-6-12-11(15)9(7)5-8/h3-5H,2,6H2,1H3,(H,12,15)(H,13,14). The van der Waals surface area contributed by atoms with Gasteiger partial charge < -0.3 is 10.6 Å². The van der Waals surface area contributed by atoms with Gasteiger partial charge in [0.15, 0.2) is 0 Å². The molecule has 78 valence electrons. The van der Waals surface area contributed by atoms with Crippen molar-refractivity contribution < 1.29 is 9.59 Å². The summed E-state index contributed by atoms with van der Waals surface area (Å²) in [6, 6.07) is 5.39. The van der Waals surface area contributed by atoms with Crippen LogP contribution in [0.25, 0.3) is 0 Å². The topological polar surface area (TPSA) is 58.2 Å². The van der Waals surface area contributed by atoms with Crippen molar-refractivity contribution in [1.29, 1.82) is 0 Å². The number of anilines is 1. The van der Waals surface area contributed by atoms with Crippen LogP contribution in [0.4, 0.5) is 5.69 Å². The van der Waals surface area contributed by atoms with Gasteiger partial charge in [0.2, 0.25) is 5.91 Å². The van der Waals surface area contributed by atoms with Gasteiger partial charge in [-0.25, -0.2) is 0 Å². The average molecular weight is 204 g/mol. The van der Waals surface area contributed by atoms with E-state index in [0.717, 1.165) is 5.56 Å². The van der Waals surface area contributed by atoms with Crippen LogP contribution in [0.1, 0.15) is 29.3 Å². The Hall–Kier alpha value is -1.84. The number of fused-ring (bicyclic) bond motifs is 1. The number of amides is 2. The maximum Gasteiger partial charge on any atom is 0.251 e. The maximum atomic E-state index is 11.3. The summed E-state index contributed by atoms with van der Waals surface area (Å²) in [6.45, 7) is 2.37. The maximum absolute atomic E-state index is 11.3. The van der Waals surface area contributed by atoms with E-state index in [0.29, 0.717) is 24.2 Å². The van der Waals surface area contributed by atoms with Crippen molar-refractivity contribution in [3.05, 3.63) is 29.3 Å². The number of nitrogens with one attached hydrogen (secondary N) is 2. The predicted octanol–water partition coefficient (Wildman–Crippen LogP) is 1.28. The highest BCUT2D eigenvalue weighted by molar-refractivity contribution is 6.00. The molecular formula is C11H12N2O2. The first-order chi connectivity index (χ1) is 7.20. The van der Waals surface area contributed by atoms with E-state index >= 15 is 0 Å². The molecule has 1 aromatic rings. The molecule has 1 aliphatic heterocycles. The van der Waals surface area contributed by atoms with Gasteiger partial charge >= 0.3 is 0 Å². The molecule has 2 amide bonds. The largest absolute Gasteiger partial charge is 0.348 e. The van der Waals surface area contributed by atoms with E-state index in [4.69, 9.17) is 0 Å². The molecule has 2 N–H and O–H groups in total. The smallest absolute Gasteiger partial charge is 0.251 e. The number of hydrogen-bond donors (Lipinski definition) is 2. The number of rotatable bonds is 2. The zero-order valence-corrected chi connectivity index (χ0v) is 8.46. The highest BCUT2D eigenvalue weighted by atomic mass is 16.2. The van der Waals surface area contributed by atoms with Crippen molar-refractivity contribution in [3.8, 4) is 0 Å². The van der Waals surface area contributed by atoms with Crippen LogP contribution in [0, 0.1) is 0 Å². The molecule has 4 heteroatoms. The van der Waals surface area contributed by atoms with Gasteiger partial charge in [0.05, 0.1) is 0 Å². The van der Waals surface area contributed by atoms with Crippen LogP contribution in [0.2, 0.25) is 0 Å². The van der Waals surface area contributed by atoms with Gasteiger partial charge in [0.25, 0.3) is 5.91 Å². The summed E-state index contributed by atoms with van der Waals surface area (Å²) in [5, 5.41) is 5.45. The molecule has 0 aliphatic carbocycles. The van der Waals surface area contributed by atoms with E-state index < -0.39 is 0 Å². The molecule has 0 saturated carbocycles. The Labute approximate surface area is 87.7 Å². The van der Waals surface area contributed by atoms with E-state index in [1.807, 2.05) is 12.1 Å². The molecule has 0 unspecified atom stereocenters. The Morgan fingerprint density at radius 1 is 1.53 bits per heavy atom. The van der Waals surface area contributed by atoms with Crippen molar-refractivity contribution in [2.75, 3.05) is 5.32 Å². The van der Waals surface area contributed by atoms with E-state index in [1.165, 1.54) is 0 Å². The molecule has 0 atom stereocenters. The number of benzene rings is 1. The van der Waals surface area contributed by atoms with Crippen LogP contribution in [0.3, 0.4) is 0 Å². The summed E-state index contributed by atoms with van der Waals surface area (Å²) in [5.74, 6) is -0.119. The molecule has 1 heterocycles. The van der Waals surface area contributed by atoms with Crippen LogP contribution in [0.5, 0.6) is 0 Å². The minimum absolute atomic E-state index is 0.0478. The molecular weight excluding hydrogens is 192 g/mol. The van der Waals surface area contributed by atoms with Gasteiger partial charge in [0, 0.05) is 24.2 Å². The van der Waals surface area contributed by atoms with Gasteiger partial charge in [-0.05, 0) is 17.7 Å². The Bertz CT molecular complexity index is 427. The third-order valence-electron chi connectivity index (χ3n) is 2.40. The molecule has 0 radical (unpaired) electrons.